The summed E-state index contributed by atoms with van der Waals surface area (Å²) >= 11 is 3.46. The average molecular weight is 491 g/mol. The highest BCUT2D eigenvalue weighted by Gasteiger charge is 2.41. The van der Waals surface area contributed by atoms with Crippen molar-refractivity contribution in [2.45, 2.75) is 70.2 Å². The quantitative estimate of drug-likeness (QED) is 0.449. The molecule has 2 atom stereocenters. The zero-order valence-corrected chi connectivity index (χ0v) is 21.1. The SMILES string of the molecule is CC(C)(C)[Si](C)(C)Oc1ccccc1C[C@H]1CC[C@@H](c2ccc(Br)cc2)N1C(=O)O. The predicted molar refractivity (Wildman–Crippen MR) is 128 cm³/mol. The van der Waals surface area contributed by atoms with Crippen molar-refractivity contribution in [3.63, 3.8) is 0 Å². The summed E-state index contributed by atoms with van der Waals surface area (Å²) in [6, 6.07) is 16.0. The molecule has 0 saturated carbocycles. The van der Waals surface area contributed by atoms with Gasteiger partial charge in [-0.3, -0.25) is 4.90 Å². The standard InChI is InChI=1S/C24H32BrNO3Si/c1-24(2,3)30(4,5)29-22-9-7-6-8-18(22)16-20-14-15-21(26(20)23(27)28)17-10-12-19(25)13-11-17/h6-13,20-21H,14-16H2,1-5H3,(H,27,28)/t20-,21+/m1/s1. The summed E-state index contributed by atoms with van der Waals surface area (Å²) in [6.07, 6.45) is 1.50. The molecule has 0 radical (unpaired) electrons. The maximum Gasteiger partial charge on any atom is 0.408 e. The van der Waals surface area contributed by atoms with E-state index in [9.17, 15) is 9.90 Å². The molecule has 1 N–H and O–H groups in total. The Bertz CT molecular complexity index is 892. The van der Waals surface area contributed by atoms with Crippen molar-refractivity contribution in [3.8, 4) is 5.75 Å². The number of benzene rings is 2. The monoisotopic (exact) mass is 489 g/mol. The lowest BCUT2D eigenvalue weighted by Gasteiger charge is -2.37. The molecule has 1 aliphatic rings. The number of nitrogens with zero attached hydrogens (tertiary/aromatic N) is 1. The van der Waals surface area contributed by atoms with Gasteiger partial charge in [0.2, 0.25) is 8.32 Å². The maximum atomic E-state index is 12.2. The summed E-state index contributed by atoms with van der Waals surface area (Å²) in [4.78, 5) is 13.8. The highest BCUT2D eigenvalue weighted by molar-refractivity contribution is 9.10. The number of carboxylic acid groups (broad SMARTS) is 1. The third-order valence-corrected chi connectivity index (χ3v) is 11.4. The number of amides is 1. The molecule has 0 bridgehead atoms. The lowest BCUT2D eigenvalue weighted by atomic mass is 10.0. The lowest BCUT2D eigenvalue weighted by Crippen LogP contribution is -2.44. The van der Waals surface area contributed by atoms with Gasteiger partial charge in [0.05, 0.1) is 6.04 Å². The van der Waals surface area contributed by atoms with Crippen molar-refractivity contribution in [1.82, 2.24) is 4.90 Å². The first kappa shape index (κ1) is 22.9. The summed E-state index contributed by atoms with van der Waals surface area (Å²) in [7, 11) is -1.98. The zero-order valence-electron chi connectivity index (χ0n) is 18.5. The molecular formula is C24H32BrNO3Si. The Balaban J connectivity index is 1.84. The second kappa shape index (κ2) is 8.75. The number of hydrogen-bond acceptors (Lipinski definition) is 2. The molecule has 2 aromatic rings. The molecule has 0 unspecified atom stereocenters. The van der Waals surface area contributed by atoms with Gasteiger partial charge in [-0.15, -0.1) is 0 Å². The van der Waals surface area contributed by atoms with Crippen LogP contribution in [0.1, 0.15) is 50.8 Å². The largest absolute Gasteiger partial charge is 0.543 e. The average Bonchev–Trinajstić information content (AvgIpc) is 3.06. The summed E-state index contributed by atoms with van der Waals surface area (Å²) in [6.45, 7) is 11.2. The Morgan fingerprint density at radius 1 is 1.13 bits per heavy atom. The van der Waals surface area contributed by atoms with Crippen LogP contribution in [0.3, 0.4) is 0 Å². The van der Waals surface area contributed by atoms with Gasteiger partial charge in [0.1, 0.15) is 5.75 Å². The number of rotatable bonds is 5. The van der Waals surface area contributed by atoms with Crippen LogP contribution in [0.2, 0.25) is 18.1 Å². The molecule has 6 heteroatoms. The van der Waals surface area contributed by atoms with Crippen LogP contribution in [0.4, 0.5) is 4.79 Å². The number of likely N-dealkylation sites (tertiary alicyclic amines) is 1. The van der Waals surface area contributed by atoms with Crippen molar-refractivity contribution in [3.05, 3.63) is 64.1 Å². The van der Waals surface area contributed by atoms with Crippen LogP contribution < -0.4 is 4.43 Å². The van der Waals surface area contributed by atoms with E-state index in [1.165, 1.54) is 0 Å². The van der Waals surface area contributed by atoms with Gasteiger partial charge in [-0.05, 0) is 66.7 Å². The molecule has 1 fully saturated rings. The van der Waals surface area contributed by atoms with E-state index in [0.29, 0.717) is 6.42 Å². The first-order chi connectivity index (χ1) is 14.0. The van der Waals surface area contributed by atoms with Crippen molar-refractivity contribution >= 4 is 30.3 Å². The van der Waals surface area contributed by atoms with Gasteiger partial charge in [-0.2, -0.15) is 0 Å². The first-order valence-corrected chi connectivity index (χ1v) is 14.2. The first-order valence-electron chi connectivity index (χ1n) is 10.5. The molecule has 1 saturated heterocycles. The molecule has 30 heavy (non-hydrogen) atoms. The minimum absolute atomic E-state index is 0.0553. The van der Waals surface area contributed by atoms with Crippen LogP contribution in [-0.2, 0) is 6.42 Å². The van der Waals surface area contributed by atoms with Crippen LogP contribution in [0, 0.1) is 0 Å². The van der Waals surface area contributed by atoms with E-state index in [4.69, 9.17) is 4.43 Å². The fourth-order valence-corrected chi connectivity index (χ4v) is 5.16. The van der Waals surface area contributed by atoms with Crippen LogP contribution in [-0.4, -0.2) is 30.5 Å². The van der Waals surface area contributed by atoms with Crippen LogP contribution in [0.5, 0.6) is 5.75 Å². The van der Waals surface area contributed by atoms with E-state index in [1.54, 1.807) is 4.90 Å². The van der Waals surface area contributed by atoms with Gasteiger partial charge >= 0.3 is 6.09 Å². The van der Waals surface area contributed by atoms with Gasteiger partial charge in [0.25, 0.3) is 0 Å². The lowest BCUT2D eigenvalue weighted by molar-refractivity contribution is 0.121. The fraction of sp³-hybridized carbons (Fsp3) is 0.458. The van der Waals surface area contributed by atoms with Crippen molar-refractivity contribution in [2.24, 2.45) is 0 Å². The summed E-state index contributed by atoms with van der Waals surface area (Å²) in [5.74, 6) is 0.904. The minimum atomic E-state index is -1.98. The van der Waals surface area contributed by atoms with Gasteiger partial charge in [-0.25, -0.2) is 4.79 Å². The van der Waals surface area contributed by atoms with Gasteiger partial charge in [0, 0.05) is 10.5 Å². The van der Waals surface area contributed by atoms with Crippen molar-refractivity contribution in [2.75, 3.05) is 0 Å². The number of hydrogen-bond donors (Lipinski definition) is 1. The molecule has 162 valence electrons. The Hall–Kier alpha value is -1.79. The topological polar surface area (TPSA) is 49.8 Å². The molecule has 4 nitrogen and oxygen atoms in total. The third-order valence-electron chi connectivity index (χ3n) is 6.58. The molecule has 3 rings (SSSR count). The maximum absolute atomic E-state index is 12.2. The molecule has 1 heterocycles. The van der Waals surface area contributed by atoms with Crippen molar-refractivity contribution in [1.29, 1.82) is 0 Å². The number of para-hydroxylation sites is 1. The molecule has 2 aromatic carbocycles. The second-order valence-corrected chi connectivity index (χ2v) is 15.3. The molecule has 0 spiro atoms. The highest BCUT2D eigenvalue weighted by Crippen LogP contribution is 2.41. The Morgan fingerprint density at radius 3 is 2.37 bits per heavy atom. The molecular weight excluding hydrogens is 458 g/mol. The van der Waals surface area contributed by atoms with E-state index in [2.05, 4.69) is 55.9 Å². The van der Waals surface area contributed by atoms with Gasteiger partial charge < -0.3 is 9.53 Å². The molecule has 0 aromatic heterocycles. The van der Waals surface area contributed by atoms with E-state index in [1.807, 2.05) is 42.5 Å². The van der Waals surface area contributed by atoms with E-state index in [0.717, 1.165) is 34.2 Å². The summed E-state index contributed by atoms with van der Waals surface area (Å²) < 4.78 is 7.60. The zero-order chi connectivity index (χ0) is 22.1. The van der Waals surface area contributed by atoms with E-state index >= 15 is 0 Å². The minimum Gasteiger partial charge on any atom is -0.543 e. The van der Waals surface area contributed by atoms with Crippen LogP contribution >= 0.6 is 15.9 Å². The highest BCUT2D eigenvalue weighted by atomic mass is 79.9. The summed E-state index contributed by atoms with van der Waals surface area (Å²) in [5, 5.41) is 10.1. The second-order valence-electron chi connectivity index (χ2n) is 9.66. The Morgan fingerprint density at radius 2 is 1.77 bits per heavy atom. The Labute approximate surface area is 189 Å². The van der Waals surface area contributed by atoms with Crippen molar-refractivity contribution < 1.29 is 14.3 Å². The molecule has 1 amide bonds. The smallest absolute Gasteiger partial charge is 0.408 e. The fourth-order valence-electron chi connectivity index (χ4n) is 3.84. The third kappa shape index (κ3) is 4.91. The predicted octanol–water partition coefficient (Wildman–Crippen LogP) is 7.26. The van der Waals surface area contributed by atoms with Gasteiger partial charge in [-0.1, -0.05) is 67.0 Å². The molecule has 1 aliphatic heterocycles. The van der Waals surface area contributed by atoms with Crippen LogP contribution in [0.15, 0.2) is 53.0 Å². The summed E-state index contributed by atoms with van der Waals surface area (Å²) in [5.41, 5.74) is 2.14. The number of carbonyl (C=O) groups is 1. The van der Waals surface area contributed by atoms with Crippen LogP contribution in [0.25, 0.3) is 0 Å². The number of halogens is 1. The van der Waals surface area contributed by atoms with E-state index < -0.39 is 14.4 Å². The molecule has 0 aliphatic carbocycles. The van der Waals surface area contributed by atoms with Gasteiger partial charge in [0.15, 0.2) is 0 Å². The Kier molecular flexibility index (Phi) is 6.68. The van der Waals surface area contributed by atoms with E-state index in [-0.39, 0.29) is 17.1 Å². The normalized spacial score (nSPS) is 19.7.